The summed E-state index contributed by atoms with van der Waals surface area (Å²) in [5.41, 5.74) is 4.51. The molecule has 5 rings (SSSR count). The number of carboxylic acid groups (broad SMARTS) is 1. The largest absolute Gasteiger partial charge is 0.492 e. The molecule has 2 aromatic carbocycles. The molecule has 1 fully saturated rings. The summed E-state index contributed by atoms with van der Waals surface area (Å²) in [4.78, 5) is 28.6. The Bertz CT molecular complexity index is 1350. The van der Waals surface area contributed by atoms with Crippen LogP contribution in [0.15, 0.2) is 60.9 Å². The summed E-state index contributed by atoms with van der Waals surface area (Å²) in [7, 11) is 0. The van der Waals surface area contributed by atoms with Crippen molar-refractivity contribution < 1.29 is 19.4 Å². The van der Waals surface area contributed by atoms with Crippen molar-refractivity contribution in [2.24, 2.45) is 11.8 Å². The van der Waals surface area contributed by atoms with Gasteiger partial charge in [-0.3, -0.25) is 14.6 Å². The molecule has 0 saturated heterocycles. The molecule has 0 bridgehead atoms. The first-order valence-corrected chi connectivity index (χ1v) is 11.7. The van der Waals surface area contributed by atoms with E-state index in [4.69, 9.17) is 9.84 Å². The maximum atomic E-state index is 13.5. The molecule has 2 aliphatic rings. The molecule has 3 aromatic rings. The number of aliphatic carboxylic acids is 1. The first-order valence-electron chi connectivity index (χ1n) is 11.7. The summed E-state index contributed by atoms with van der Waals surface area (Å²) in [5, 5.41) is 21.3. The minimum absolute atomic E-state index is 0.0452. The molecule has 176 valence electrons. The molecule has 1 aliphatic carbocycles. The van der Waals surface area contributed by atoms with Gasteiger partial charge < -0.3 is 15.2 Å². The molecular formula is C28H25N3O4. The minimum Gasteiger partial charge on any atom is -0.492 e. The van der Waals surface area contributed by atoms with Gasteiger partial charge >= 0.3 is 5.97 Å². The van der Waals surface area contributed by atoms with E-state index < -0.39 is 11.4 Å². The number of hydrogen-bond acceptors (Lipinski definition) is 5. The van der Waals surface area contributed by atoms with Crippen LogP contribution >= 0.6 is 0 Å². The number of amides is 1. The summed E-state index contributed by atoms with van der Waals surface area (Å²) in [6.07, 6.45) is 4.55. The van der Waals surface area contributed by atoms with Crippen LogP contribution in [0.1, 0.15) is 36.5 Å². The van der Waals surface area contributed by atoms with Gasteiger partial charge in [-0.05, 0) is 60.2 Å². The van der Waals surface area contributed by atoms with Crippen molar-refractivity contribution in [3.8, 4) is 22.9 Å². The molecule has 1 aliphatic heterocycles. The molecule has 1 aromatic heterocycles. The van der Waals surface area contributed by atoms with Crippen LogP contribution in [0, 0.1) is 23.2 Å². The third-order valence-electron chi connectivity index (χ3n) is 7.32. The molecule has 3 unspecified atom stereocenters. The van der Waals surface area contributed by atoms with E-state index in [9.17, 15) is 14.9 Å². The van der Waals surface area contributed by atoms with Crippen LogP contribution in [0.25, 0.3) is 11.1 Å². The summed E-state index contributed by atoms with van der Waals surface area (Å²) in [6, 6.07) is 17.2. The normalized spacial score (nSPS) is 21.6. The van der Waals surface area contributed by atoms with Crippen molar-refractivity contribution in [1.29, 1.82) is 5.26 Å². The molecule has 1 amide bonds. The fourth-order valence-electron chi connectivity index (χ4n) is 5.35. The topological polar surface area (TPSA) is 112 Å². The number of aryl methyl sites for hydroxylation is 1. The van der Waals surface area contributed by atoms with Gasteiger partial charge in [-0.25, -0.2) is 0 Å². The summed E-state index contributed by atoms with van der Waals surface area (Å²) < 4.78 is 6.01. The fourth-order valence-corrected chi connectivity index (χ4v) is 5.35. The van der Waals surface area contributed by atoms with Gasteiger partial charge in [0.25, 0.3) is 0 Å². The van der Waals surface area contributed by atoms with Gasteiger partial charge in [0.15, 0.2) is 0 Å². The lowest BCUT2D eigenvalue weighted by atomic mass is 9.91. The minimum atomic E-state index is -0.858. The van der Waals surface area contributed by atoms with Crippen molar-refractivity contribution >= 4 is 17.6 Å². The van der Waals surface area contributed by atoms with Crippen LogP contribution in [0.2, 0.25) is 0 Å². The van der Waals surface area contributed by atoms with Crippen molar-refractivity contribution in [3.63, 3.8) is 0 Å². The molecule has 1 spiro atoms. The number of fused-ring (bicyclic) bond motifs is 2. The summed E-state index contributed by atoms with van der Waals surface area (Å²) in [6.45, 7) is 2.51. The highest BCUT2D eigenvalue weighted by Gasteiger charge is 2.69. The van der Waals surface area contributed by atoms with Crippen molar-refractivity contribution in [3.05, 3.63) is 77.6 Å². The van der Waals surface area contributed by atoms with Crippen molar-refractivity contribution in [1.82, 2.24) is 4.98 Å². The number of carboxylic acids is 1. The Balaban J connectivity index is 1.40. The predicted molar refractivity (Wildman–Crippen MR) is 130 cm³/mol. The predicted octanol–water partition coefficient (Wildman–Crippen LogP) is 4.56. The van der Waals surface area contributed by atoms with Gasteiger partial charge in [0.1, 0.15) is 5.75 Å². The molecule has 0 radical (unpaired) electrons. The highest BCUT2D eigenvalue weighted by molar-refractivity contribution is 5.98. The lowest BCUT2D eigenvalue weighted by molar-refractivity contribution is -0.137. The van der Waals surface area contributed by atoms with Crippen LogP contribution in [-0.2, 0) is 21.4 Å². The quantitative estimate of drug-likeness (QED) is 0.527. The highest BCUT2D eigenvalue weighted by atomic mass is 16.5. The van der Waals surface area contributed by atoms with Gasteiger partial charge in [0, 0.05) is 41.0 Å². The monoisotopic (exact) mass is 467 g/mol. The number of pyridine rings is 1. The van der Waals surface area contributed by atoms with Gasteiger partial charge in [0.05, 0.1) is 24.2 Å². The first-order chi connectivity index (χ1) is 16.9. The van der Waals surface area contributed by atoms with E-state index in [0.29, 0.717) is 30.7 Å². The number of nitrogens with one attached hydrogen (secondary N) is 1. The number of carbonyl (C=O) groups excluding carboxylic acids is 1. The molecule has 2 N–H and O–H groups in total. The number of carbonyl (C=O) groups is 2. The molecule has 3 atom stereocenters. The smallest absolute Gasteiger partial charge is 0.303 e. The zero-order valence-corrected chi connectivity index (χ0v) is 19.3. The Morgan fingerprint density at radius 2 is 2.09 bits per heavy atom. The number of nitrogens with zero attached hydrogens (tertiary/aromatic N) is 2. The van der Waals surface area contributed by atoms with E-state index in [1.165, 1.54) is 0 Å². The summed E-state index contributed by atoms with van der Waals surface area (Å²) >= 11 is 0. The van der Waals surface area contributed by atoms with E-state index in [-0.39, 0.29) is 24.2 Å². The summed E-state index contributed by atoms with van der Waals surface area (Å²) in [5.74, 6) is -0.354. The molecular weight excluding hydrogens is 442 g/mol. The maximum absolute atomic E-state index is 13.5. The van der Waals surface area contributed by atoms with Crippen LogP contribution in [0.4, 0.5) is 5.69 Å². The Morgan fingerprint density at radius 3 is 2.83 bits per heavy atom. The molecule has 7 heteroatoms. The van der Waals surface area contributed by atoms with Crippen molar-refractivity contribution in [2.45, 2.75) is 31.6 Å². The van der Waals surface area contributed by atoms with E-state index in [1.54, 1.807) is 24.4 Å². The Labute approximate surface area is 203 Å². The SMILES string of the molecule is CC1C(C(=O)Nc2cc(C#N)ccc2CCCC(=O)O)C12COc1ccc(-c3cccnc3)cc12. The van der Waals surface area contributed by atoms with Gasteiger partial charge in [0.2, 0.25) is 5.91 Å². The first kappa shape index (κ1) is 22.6. The van der Waals surface area contributed by atoms with Gasteiger partial charge in [-0.2, -0.15) is 5.26 Å². The van der Waals surface area contributed by atoms with E-state index >= 15 is 0 Å². The second-order valence-electron chi connectivity index (χ2n) is 9.27. The zero-order valence-electron chi connectivity index (χ0n) is 19.3. The van der Waals surface area contributed by atoms with Crippen LogP contribution < -0.4 is 10.1 Å². The van der Waals surface area contributed by atoms with Gasteiger partial charge in [-0.15, -0.1) is 0 Å². The van der Waals surface area contributed by atoms with E-state index in [0.717, 1.165) is 28.0 Å². The van der Waals surface area contributed by atoms with Crippen LogP contribution in [0.5, 0.6) is 5.75 Å². The zero-order chi connectivity index (χ0) is 24.6. The van der Waals surface area contributed by atoms with Crippen molar-refractivity contribution in [2.75, 3.05) is 11.9 Å². The number of aromatic nitrogens is 1. The fraction of sp³-hybridized carbons (Fsp3) is 0.286. The number of nitriles is 1. The van der Waals surface area contributed by atoms with E-state index in [2.05, 4.69) is 29.4 Å². The molecule has 7 nitrogen and oxygen atoms in total. The molecule has 2 heterocycles. The number of ether oxygens (including phenoxy) is 1. The number of hydrogen-bond donors (Lipinski definition) is 2. The average molecular weight is 468 g/mol. The lowest BCUT2D eigenvalue weighted by Crippen LogP contribution is -2.23. The third kappa shape index (κ3) is 4.01. The number of benzene rings is 2. The second-order valence-corrected chi connectivity index (χ2v) is 9.27. The molecule has 1 saturated carbocycles. The second kappa shape index (κ2) is 8.88. The number of rotatable bonds is 7. The maximum Gasteiger partial charge on any atom is 0.303 e. The third-order valence-corrected chi connectivity index (χ3v) is 7.32. The van der Waals surface area contributed by atoms with E-state index in [1.807, 2.05) is 30.5 Å². The average Bonchev–Trinajstić information content (AvgIpc) is 3.29. The Morgan fingerprint density at radius 1 is 1.23 bits per heavy atom. The Hall–Kier alpha value is -4.18. The van der Waals surface area contributed by atoms with Gasteiger partial charge in [-0.1, -0.05) is 25.1 Å². The standard InChI is InChI=1S/C28H25N3O4/c1-17-26(27(34)31-23-12-18(14-29)7-8-19(23)4-2-6-25(32)33)28(17)16-35-24-10-9-20(13-22(24)28)21-5-3-11-30-15-21/h3,5,7-13,15,17,26H,2,4,6,16H2,1H3,(H,31,34)(H,32,33). The Kier molecular flexibility index (Phi) is 5.73. The lowest BCUT2D eigenvalue weighted by Gasteiger charge is -2.14. The number of anilines is 1. The molecule has 35 heavy (non-hydrogen) atoms. The van der Waals surface area contributed by atoms with Crippen LogP contribution in [0.3, 0.4) is 0 Å². The highest BCUT2D eigenvalue weighted by Crippen LogP contribution is 2.65. The van der Waals surface area contributed by atoms with Crippen LogP contribution in [-0.4, -0.2) is 28.6 Å².